The summed E-state index contributed by atoms with van der Waals surface area (Å²) in [4.78, 5) is 27.4. The van der Waals surface area contributed by atoms with Gasteiger partial charge < -0.3 is 10.2 Å². The smallest absolute Gasteiger partial charge is 0.219 e. The Balaban J connectivity index is 1.70. The predicted molar refractivity (Wildman–Crippen MR) is 105 cm³/mol. The fourth-order valence-electron chi connectivity index (χ4n) is 3.35. The summed E-state index contributed by atoms with van der Waals surface area (Å²) in [6.45, 7) is 3.03. The lowest BCUT2D eigenvalue weighted by atomic mass is 9.97. The summed E-state index contributed by atoms with van der Waals surface area (Å²) < 4.78 is 0. The zero-order chi connectivity index (χ0) is 19.3. The summed E-state index contributed by atoms with van der Waals surface area (Å²) >= 11 is 0. The van der Waals surface area contributed by atoms with E-state index < -0.39 is 0 Å². The van der Waals surface area contributed by atoms with Crippen LogP contribution in [0.15, 0.2) is 48.9 Å². The van der Waals surface area contributed by atoms with E-state index in [2.05, 4.69) is 20.5 Å². The SMILES string of the molecule is CC(=O)N1CCCC(c2nc(Nc3cccnn3)cc(-c3cccnc3)n2)C1. The lowest BCUT2D eigenvalue weighted by Gasteiger charge is -2.31. The molecular formula is C20H21N7O. The lowest BCUT2D eigenvalue weighted by Crippen LogP contribution is -2.38. The van der Waals surface area contributed by atoms with Crippen molar-refractivity contribution < 1.29 is 4.79 Å². The number of piperidine rings is 1. The van der Waals surface area contributed by atoms with Gasteiger partial charge in [-0.05, 0) is 37.1 Å². The van der Waals surface area contributed by atoms with E-state index in [4.69, 9.17) is 9.97 Å². The highest BCUT2D eigenvalue weighted by Crippen LogP contribution is 2.28. The Kier molecular flexibility index (Phi) is 5.18. The molecule has 0 saturated carbocycles. The van der Waals surface area contributed by atoms with Crippen LogP contribution in [-0.4, -0.2) is 49.0 Å². The van der Waals surface area contributed by atoms with Crippen molar-refractivity contribution in [3.8, 4) is 11.3 Å². The van der Waals surface area contributed by atoms with E-state index in [1.54, 1.807) is 25.5 Å². The molecule has 8 nitrogen and oxygen atoms in total. The number of carbonyl (C=O) groups excluding carboxylic acids is 1. The van der Waals surface area contributed by atoms with E-state index in [1.165, 1.54) is 0 Å². The Labute approximate surface area is 163 Å². The summed E-state index contributed by atoms with van der Waals surface area (Å²) in [5, 5.41) is 11.2. The zero-order valence-electron chi connectivity index (χ0n) is 15.6. The summed E-state index contributed by atoms with van der Waals surface area (Å²) in [5.74, 6) is 2.16. The molecule has 1 unspecified atom stereocenters. The third-order valence-corrected chi connectivity index (χ3v) is 4.76. The molecule has 142 valence electrons. The number of carbonyl (C=O) groups is 1. The highest BCUT2D eigenvalue weighted by molar-refractivity contribution is 5.73. The van der Waals surface area contributed by atoms with E-state index in [0.717, 1.165) is 36.5 Å². The molecule has 4 rings (SSSR count). The second kappa shape index (κ2) is 8.08. The zero-order valence-corrected chi connectivity index (χ0v) is 15.6. The highest BCUT2D eigenvalue weighted by Gasteiger charge is 2.25. The average Bonchev–Trinajstić information content (AvgIpc) is 2.75. The number of likely N-dealkylation sites (tertiary alicyclic amines) is 1. The Bertz CT molecular complexity index is 949. The van der Waals surface area contributed by atoms with Crippen LogP contribution < -0.4 is 5.32 Å². The van der Waals surface area contributed by atoms with Crippen LogP contribution in [0.2, 0.25) is 0 Å². The maximum Gasteiger partial charge on any atom is 0.219 e. The highest BCUT2D eigenvalue weighted by atomic mass is 16.2. The first-order valence-electron chi connectivity index (χ1n) is 9.28. The van der Waals surface area contributed by atoms with E-state index >= 15 is 0 Å². The fraction of sp³-hybridized carbons (Fsp3) is 0.300. The Morgan fingerprint density at radius 3 is 2.82 bits per heavy atom. The van der Waals surface area contributed by atoms with Crippen molar-refractivity contribution in [3.63, 3.8) is 0 Å². The van der Waals surface area contributed by atoms with Gasteiger partial charge in [-0.3, -0.25) is 9.78 Å². The van der Waals surface area contributed by atoms with Gasteiger partial charge in [0.2, 0.25) is 5.91 Å². The molecule has 0 bridgehead atoms. The molecule has 1 saturated heterocycles. The van der Waals surface area contributed by atoms with Crippen molar-refractivity contribution in [3.05, 3.63) is 54.7 Å². The molecule has 1 fully saturated rings. The number of hydrogen-bond acceptors (Lipinski definition) is 7. The molecule has 1 aliphatic rings. The predicted octanol–water partition coefficient (Wildman–Crippen LogP) is 2.80. The van der Waals surface area contributed by atoms with Gasteiger partial charge in [0, 0.05) is 56.2 Å². The quantitative estimate of drug-likeness (QED) is 0.749. The van der Waals surface area contributed by atoms with Crippen LogP contribution in [0.1, 0.15) is 31.5 Å². The number of pyridine rings is 1. The van der Waals surface area contributed by atoms with Crippen molar-refractivity contribution in [1.29, 1.82) is 0 Å². The molecule has 3 aromatic rings. The first kappa shape index (κ1) is 18.0. The van der Waals surface area contributed by atoms with Gasteiger partial charge in [0.25, 0.3) is 0 Å². The average molecular weight is 375 g/mol. The second-order valence-electron chi connectivity index (χ2n) is 6.78. The Morgan fingerprint density at radius 1 is 1.18 bits per heavy atom. The number of rotatable bonds is 4. The summed E-state index contributed by atoms with van der Waals surface area (Å²) in [5.41, 5.74) is 1.69. The van der Waals surface area contributed by atoms with Crippen LogP contribution in [0.4, 0.5) is 11.6 Å². The van der Waals surface area contributed by atoms with Gasteiger partial charge in [0.05, 0.1) is 5.69 Å². The topological polar surface area (TPSA) is 96.8 Å². The van der Waals surface area contributed by atoms with Crippen LogP contribution in [0.25, 0.3) is 11.3 Å². The first-order chi connectivity index (χ1) is 13.7. The number of anilines is 2. The van der Waals surface area contributed by atoms with Crippen LogP contribution in [0.3, 0.4) is 0 Å². The fourth-order valence-corrected chi connectivity index (χ4v) is 3.35. The molecular weight excluding hydrogens is 354 g/mol. The Morgan fingerprint density at radius 2 is 2.07 bits per heavy atom. The van der Waals surface area contributed by atoms with Gasteiger partial charge in [0.15, 0.2) is 5.82 Å². The molecule has 0 spiro atoms. The molecule has 0 aliphatic carbocycles. The molecule has 8 heteroatoms. The summed E-state index contributed by atoms with van der Waals surface area (Å²) in [7, 11) is 0. The van der Waals surface area contributed by atoms with Crippen LogP contribution in [0.5, 0.6) is 0 Å². The van der Waals surface area contributed by atoms with E-state index in [9.17, 15) is 4.79 Å². The van der Waals surface area contributed by atoms with Gasteiger partial charge in [-0.15, -0.1) is 5.10 Å². The lowest BCUT2D eigenvalue weighted by molar-refractivity contribution is -0.130. The molecule has 1 N–H and O–H groups in total. The maximum absolute atomic E-state index is 11.8. The van der Waals surface area contributed by atoms with Gasteiger partial charge in [0.1, 0.15) is 11.6 Å². The minimum absolute atomic E-state index is 0.0889. The van der Waals surface area contributed by atoms with E-state index in [1.807, 2.05) is 35.2 Å². The molecule has 0 aromatic carbocycles. The summed E-state index contributed by atoms with van der Waals surface area (Å²) in [6, 6.07) is 9.36. The number of amides is 1. The normalized spacial score (nSPS) is 16.6. The van der Waals surface area contributed by atoms with Crippen molar-refractivity contribution in [2.24, 2.45) is 0 Å². The molecule has 4 heterocycles. The van der Waals surface area contributed by atoms with Crippen LogP contribution >= 0.6 is 0 Å². The number of nitrogens with one attached hydrogen (secondary N) is 1. The Hall–Kier alpha value is -3.42. The van der Waals surface area contributed by atoms with Crippen molar-refractivity contribution in [2.75, 3.05) is 18.4 Å². The third-order valence-electron chi connectivity index (χ3n) is 4.76. The van der Waals surface area contributed by atoms with Crippen molar-refractivity contribution >= 4 is 17.5 Å². The largest absolute Gasteiger partial charge is 0.342 e. The molecule has 1 amide bonds. The van der Waals surface area contributed by atoms with E-state index in [-0.39, 0.29) is 11.8 Å². The van der Waals surface area contributed by atoms with Gasteiger partial charge >= 0.3 is 0 Å². The maximum atomic E-state index is 11.8. The number of nitrogens with zero attached hydrogens (tertiary/aromatic N) is 6. The minimum atomic E-state index is 0.0889. The minimum Gasteiger partial charge on any atom is -0.342 e. The van der Waals surface area contributed by atoms with Gasteiger partial charge in [-0.2, -0.15) is 5.10 Å². The monoisotopic (exact) mass is 375 g/mol. The molecule has 3 aromatic heterocycles. The number of aromatic nitrogens is 5. The van der Waals surface area contributed by atoms with Crippen LogP contribution in [0, 0.1) is 0 Å². The second-order valence-corrected chi connectivity index (χ2v) is 6.78. The van der Waals surface area contributed by atoms with Crippen molar-refractivity contribution in [1.82, 2.24) is 30.0 Å². The van der Waals surface area contributed by atoms with E-state index in [0.29, 0.717) is 18.2 Å². The first-order valence-corrected chi connectivity index (χ1v) is 9.28. The van der Waals surface area contributed by atoms with Crippen LogP contribution in [-0.2, 0) is 4.79 Å². The third kappa shape index (κ3) is 4.11. The molecule has 0 radical (unpaired) electrons. The van der Waals surface area contributed by atoms with Gasteiger partial charge in [-0.25, -0.2) is 9.97 Å². The standard InChI is InChI=1S/C20H21N7O/c1-14(28)27-10-4-6-16(13-27)20-23-17(15-5-2-8-21-12-15)11-19(25-20)24-18-7-3-9-22-26-18/h2-3,5,7-9,11-12,16H,4,6,10,13H2,1H3,(H,23,24,25,26). The molecule has 28 heavy (non-hydrogen) atoms. The van der Waals surface area contributed by atoms with Gasteiger partial charge in [-0.1, -0.05) is 0 Å². The molecule has 1 atom stereocenters. The molecule has 1 aliphatic heterocycles. The number of hydrogen-bond donors (Lipinski definition) is 1. The summed E-state index contributed by atoms with van der Waals surface area (Å²) in [6.07, 6.45) is 7.02. The van der Waals surface area contributed by atoms with Crippen molar-refractivity contribution in [2.45, 2.75) is 25.7 Å².